The zero-order valence-corrected chi connectivity index (χ0v) is 23.6. The van der Waals surface area contributed by atoms with Crippen LogP contribution in [-0.4, -0.2) is 73.2 Å². The highest BCUT2D eigenvalue weighted by molar-refractivity contribution is 5.83. The Labute approximate surface area is 245 Å². The molecule has 6 heterocycles. The molecular formula is C30H31F5N8. The van der Waals surface area contributed by atoms with Gasteiger partial charge in [0, 0.05) is 37.8 Å². The molecule has 1 N–H and O–H groups in total. The molecule has 3 aliphatic heterocycles. The normalized spacial score (nSPS) is 20.5. The Balaban J connectivity index is 1.06. The van der Waals surface area contributed by atoms with Crippen LogP contribution in [-0.2, 0) is 13.0 Å². The van der Waals surface area contributed by atoms with E-state index in [0.29, 0.717) is 11.2 Å². The number of halogens is 5. The number of nitrogens with zero attached hydrogens (tertiary/aromatic N) is 7. The molecule has 1 unspecified atom stereocenters. The van der Waals surface area contributed by atoms with Crippen molar-refractivity contribution in [3.05, 3.63) is 59.7 Å². The summed E-state index contributed by atoms with van der Waals surface area (Å²) in [4.78, 5) is 21.7. The molecule has 8 nitrogen and oxygen atoms in total. The lowest BCUT2D eigenvalue weighted by molar-refractivity contribution is -0.164. The number of nitrogens with one attached hydrogen (secondary N) is 1. The van der Waals surface area contributed by atoms with Crippen molar-refractivity contribution < 1.29 is 22.0 Å². The minimum Gasteiger partial charge on any atom is -0.316 e. The molecule has 2 saturated heterocycles. The third-order valence-corrected chi connectivity index (χ3v) is 9.12. The highest BCUT2D eigenvalue weighted by atomic mass is 19.4. The quantitative estimate of drug-likeness (QED) is 0.278. The summed E-state index contributed by atoms with van der Waals surface area (Å²) in [5, 5.41) is 2.94. The zero-order chi connectivity index (χ0) is 29.9. The van der Waals surface area contributed by atoms with E-state index in [4.69, 9.17) is 0 Å². The number of fused-ring (bicyclic) bond motifs is 3. The number of anilines is 2. The fourth-order valence-corrected chi connectivity index (χ4v) is 6.79. The first-order valence-electron chi connectivity index (χ1n) is 14.6. The summed E-state index contributed by atoms with van der Waals surface area (Å²) in [6, 6.07) is 4.27. The first kappa shape index (κ1) is 28.1. The summed E-state index contributed by atoms with van der Waals surface area (Å²) in [6.45, 7) is 8.68. The number of piperidine rings is 1. The van der Waals surface area contributed by atoms with E-state index in [1.165, 1.54) is 32.0 Å². The fourth-order valence-electron chi connectivity index (χ4n) is 6.79. The monoisotopic (exact) mass is 598 g/mol. The lowest BCUT2D eigenvalue weighted by Gasteiger charge is -2.54. The van der Waals surface area contributed by atoms with E-state index in [9.17, 15) is 17.6 Å². The molecule has 2 fully saturated rings. The van der Waals surface area contributed by atoms with Crippen molar-refractivity contribution in [3.63, 3.8) is 0 Å². The van der Waals surface area contributed by atoms with Gasteiger partial charge in [-0.1, -0.05) is 13.0 Å². The Hall–Kier alpha value is -3.71. The lowest BCUT2D eigenvalue weighted by atomic mass is 9.72. The summed E-state index contributed by atoms with van der Waals surface area (Å²) in [6.07, 6.45) is 0.520. The van der Waals surface area contributed by atoms with E-state index in [1.54, 1.807) is 12.3 Å². The number of alkyl halides is 3. The van der Waals surface area contributed by atoms with E-state index in [0.717, 1.165) is 48.6 Å². The first-order chi connectivity index (χ1) is 20.6. The van der Waals surface area contributed by atoms with Gasteiger partial charge in [-0.2, -0.15) is 13.2 Å². The minimum absolute atomic E-state index is 0.0144. The van der Waals surface area contributed by atoms with Gasteiger partial charge in [-0.3, -0.25) is 4.90 Å². The molecule has 43 heavy (non-hydrogen) atoms. The van der Waals surface area contributed by atoms with E-state index >= 15 is 4.39 Å². The van der Waals surface area contributed by atoms with E-state index in [1.807, 2.05) is 6.07 Å². The molecule has 0 bridgehead atoms. The SMILES string of the molecule is CCN1CC2(CCN(Cc3ccc(Nc4ncc(F)c(-c5cc(F)c6nc7n(c6c5)C(C(F)(F)F)CC7)n4)nc3)CC2)C1. The van der Waals surface area contributed by atoms with Crippen LogP contribution >= 0.6 is 0 Å². The van der Waals surface area contributed by atoms with Crippen LogP contribution in [0.1, 0.15) is 43.6 Å². The maximum Gasteiger partial charge on any atom is 0.409 e. The summed E-state index contributed by atoms with van der Waals surface area (Å²) in [7, 11) is 0. The van der Waals surface area contributed by atoms with Crippen molar-refractivity contribution in [2.75, 3.05) is 38.0 Å². The average molecular weight is 599 g/mol. The largest absolute Gasteiger partial charge is 0.409 e. The molecule has 3 aliphatic rings. The Morgan fingerprint density at radius 2 is 1.77 bits per heavy atom. The second-order valence-corrected chi connectivity index (χ2v) is 12.0. The van der Waals surface area contributed by atoms with Gasteiger partial charge < -0.3 is 14.8 Å². The van der Waals surface area contributed by atoms with Gasteiger partial charge in [0.1, 0.15) is 28.9 Å². The molecule has 4 aromatic rings. The summed E-state index contributed by atoms with van der Waals surface area (Å²) >= 11 is 0. The number of imidazole rings is 1. The van der Waals surface area contributed by atoms with Crippen LogP contribution in [0, 0.1) is 17.0 Å². The molecule has 7 rings (SSSR count). The van der Waals surface area contributed by atoms with Gasteiger partial charge in [-0.05, 0) is 68.1 Å². The van der Waals surface area contributed by atoms with Crippen molar-refractivity contribution >= 4 is 22.8 Å². The van der Waals surface area contributed by atoms with Crippen molar-refractivity contribution in [3.8, 4) is 11.3 Å². The van der Waals surface area contributed by atoms with Gasteiger partial charge >= 0.3 is 6.18 Å². The Kier molecular flexibility index (Phi) is 6.84. The molecule has 0 saturated carbocycles. The van der Waals surface area contributed by atoms with Crippen molar-refractivity contribution in [1.29, 1.82) is 0 Å². The summed E-state index contributed by atoms with van der Waals surface area (Å²) < 4.78 is 71.9. The van der Waals surface area contributed by atoms with E-state index in [2.05, 4.69) is 42.0 Å². The molecule has 0 amide bonds. The van der Waals surface area contributed by atoms with Gasteiger partial charge in [0.05, 0.1) is 11.7 Å². The maximum absolute atomic E-state index is 15.0. The van der Waals surface area contributed by atoms with Crippen LogP contribution in [0.2, 0.25) is 0 Å². The van der Waals surface area contributed by atoms with Gasteiger partial charge in [0.15, 0.2) is 11.6 Å². The number of aromatic nitrogens is 5. The van der Waals surface area contributed by atoms with Crippen molar-refractivity contribution in [2.45, 2.75) is 51.4 Å². The van der Waals surface area contributed by atoms with Crippen LogP contribution in [0.3, 0.4) is 0 Å². The average Bonchev–Trinajstić information content (AvgIpc) is 3.55. The van der Waals surface area contributed by atoms with Crippen LogP contribution in [0.25, 0.3) is 22.3 Å². The minimum atomic E-state index is -4.52. The van der Waals surface area contributed by atoms with Crippen molar-refractivity contribution in [1.82, 2.24) is 34.3 Å². The smallest absolute Gasteiger partial charge is 0.316 e. The number of benzene rings is 1. The number of hydrogen-bond donors (Lipinski definition) is 1. The number of rotatable bonds is 6. The number of hydrogen-bond acceptors (Lipinski definition) is 7. The lowest BCUT2D eigenvalue weighted by Crippen LogP contribution is -2.59. The first-order valence-corrected chi connectivity index (χ1v) is 14.6. The number of likely N-dealkylation sites (tertiary alicyclic amines) is 2. The predicted molar refractivity (Wildman–Crippen MR) is 151 cm³/mol. The Bertz CT molecular complexity index is 1650. The highest BCUT2D eigenvalue weighted by Gasteiger charge is 2.46. The standard InChI is InChI=1S/C30H31F5N8/c1-2-41-16-29(17-41)7-9-42(10-8-29)15-18-3-5-24(36-13-18)38-28-37-14-21(32)26(40-28)19-11-20(31)27-22(12-19)43-23(30(33,34)35)4-6-25(43)39-27/h3,5,11-14,23H,2,4,6-10,15-17H2,1H3,(H,36,37,38,40). The number of aryl methyl sites for hydroxylation is 1. The summed E-state index contributed by atoms with van der Waals surface area (Å²) in [5.74, 6) is -1.07. The molecule has 1 atom stereocenters. The molecule has 13 heteroatoms. The van der Waals surface area contributed by atoms with E-state index in [-0.39, 0.29) is 46.9 Å². The van der Waals surface area contributed by atoms with Crippen LogP contribution < -0.4 is 5.32 Å². The molecule has 3 aromatic heterocycles. The highest BCUT2D eigenvalue weighted by Crippen LogP contribution is 2.43. The van der Waals surface area contributed by atoms with Crippen LogP contribution in [0.15, 0.2) is 36.7 Å². The third kappa shape index (κ3) is 5.22. The van der Waals surface area contributed by atoms with E-state index < -0.39 is 23.9 Å². The maximum atomic E-state index is 15.0. The van der Waals surface area contributed by atoms with Crippen molar-refractivity contribution in [2.24, 2.45) is 5.41 Å². The van der Waals surface area contributed by atoms with Gasteiger partial charge in [0.25, 0.3) is 0 Å². The number of pyridine rings is 1. The van der Waals surface area contributed by atoms with Crippen LogP contribution in [0.5, 0.6) is 0 Å². The zero-order valence-electron chi connectivity index (χ0n) is 23.6. The van der Waals surface area contributed by atoms with Gasteiger partial charge in [-0.15, -0.1) is 0 Å². The predicted octanol–water partition coefficient (Wildman–Crippen LogP) is 5.88. The molecule has 0 aliphatic carbocycles. The molecule has 1 aromatic carbocycles. The Morgan fingerprint density at radius 3 is 2.47 bits per heavy atom. The topological polar surface area (TPSA) is 75.0 Å². The van der Waals surface area contributed by atoms with Gasteiger partial charge in [-0.25, -0.2) is 28.7 Å². The molecule has 0 radical (unpaired) electrons. The molecule has 1 spiro atoms. The summed E-state index contributed by atoms with van der Waals surface area (Å²) in [5.41, 5.74) is 1.08. The third-order valence-electron chi connectivity index (χ3n) is 9.12. The second kappa shape index (κ2) is 10.5. The molecule has 226 valence electrons. The van der Waals surface area contributed by atoms with Gasteiger partial charge in [0.2, 0.25) is 5.95 Å². The Morgan fingerprint density at radius 1 is 0.977 bits per heavy atom. The fraction of sp³-hybridized carbons (Fsp3) is 0.467. The molecular weight excluding hydrogens is 567 g/mol. The van der Waals surface area contributed by atoms with Crippen LogP contribution in [0.4, 0.5) is 33.7 Å². The second-order valence-electron chi connectivity index (χ2n) is 12.0.